The molecule has 2 heterocycles. The molecule has 0 aliphatic carbocycles. The quantitative estimate of drug-likeness (QED) is 0.920. The lowest BCUT2D eigenvalue weighted by Gasteiger charge is -2.33. The smallest absolute Gasteiger partial charge is 0.267 e. The third-order valence-electron chi connectivity index (χ3n) is 3.76. The van der Waals surface area contributed by atoms with Gasteiger partial charge in [-0.15, -0.1) is 5.10 Å². The Balaban J connectivity index is 2.03. The Morgan fingerprint density at radius 2 is 2.00 bits per heavy atom. The van der Waals surface area contributed by atoms with Gasteiger partial charge in [-0.1, -0.05) is 18.3 Å². The van der Waals surface area contributed by atoms with Crippen molar-refractivity contribution in [3.8, 4) is 0 Å². The summed E-state index contributed by atoms with van der Waals surface area (Å²) in [5.74, 6) is 0.573. The van der Waals surface area contributed by atoms with Crippen LogP contribution in [0.4, 0.5) is 0 Å². The van der Waals surface area contributed by atoms with E-state index in [2.05, 4.69) is 9.59 Å². The number of amides is 1. The number of likely N-dealkylation sites (tertiary alicyclic amines) is 1. The fraction of sp³-hybridized carbons (Fsp3) is 0.769. The topological polar surface area (TPSA) is 66.3 Å². The van der Waals surface area contributed by atoms with Gasteiger partial charge in [-0.05, 0) is 43.1 Å². The summed E-state index contributed by atoms with van der Waals surface area (Å²) in [6.45, 7) is 7.29. The zero-order valence-corrected chi connectivity index (χ0v) is 12.5. The molecule has 0 bridgehead atoms. The molecule has 1 saturated heterocycles. The second-order valence-corrected chi connectivity index (χ2v) is 6.27. The second-order valence-electron chi connectivity index (χ2n) is 5.51. The summed E-state index contributed by atoms with van der Waals surface area (Å²) in [5, 5.41) is 13.6. The number of piperidine rings is 1. The summed E-state index contributed by atoms with van der Waals surface area (Å²) in [6.07, 6.45) is 1.45. The number of rotatable bonds is 3. The molecule has 0 saturated carbocycles. The maximum Gasteiger partial charge on any atom is 0.267 e. The van der Waals surface area contributed by atoms with Crippen LogP contribution in [-0.4, -0.2) is 44.7 Å². The van der Waals surface area contributed by atoms with E-state index in [1.165, 1.54) is 11.5 Å². The first-order valence-corrected chi connectivity index (χ1v) is 7.57. The number of aliphatic hydroxyl groups is 1. The predicted octanol–water partition coefficient (Wildman–Crippen LogP) is 1.89. The first kappa shape index (κ1) is 14.4. The number of hydrogen-bond acceptors (Lipinski definition) is 5. The third kappa shape index (κ3) is 3.12. The van der Waals surface area contributed by atoms with Crippen LogP contribution in [0.3, 0.4) is 0 Å². The van der Waals surface area contributed by atoms with Crippen molar-refractivity contribution in [2.24, 2.45) is 5.92 Å². The molecule has 2 rings (SSSR count). The van der Waals surface area contributed by atoms with Gasteiger partial charge < -0.3 is 10.0 Å². The lowest BCUT2D eigenvalue weighted by molar-refractivity contribution is 0.0524. The van der Waals surface area contributed by atoms with Gasteiger partial charge in [0, 0.05) is 13.1 Å². The molecule has 1 aliphatic heterocycles. The molecule has 0 aromatic carbocycles. The Labute approximate surface area is 117 Å². The van der Waals surface area contributed by atoms with Crippen LogP contribution >= 0.6 is 11.5 Å². The maximum absolute atomic E-state index is 12.5. The van der Waals surface area contributed by atoms with Crippen molar-refractivity contribution in [2.75, 3.05) is 13.1 Å². The summed E-state index contributed by atoms with van der Waals surface area (Å²) in [7, 11) is 0. The number of aliphatic hydroxyl groups excluding tert-OH is 1. The highest BCUT2D eigenvalue weighted by Crippen LogP contribution is 2.25. The normalized spacial score (nSPS) is 18.9. The van der Waals surface area contributed by atoms with Gasteiger partial charge in [0.15, 0.2) is 0 Å². The van der Waals surface area contributed by atoms with Crippen molar-refractivity contribution in [1.82, 2.24) is 14.5 Å². The number of carbonyl (C=O) groups excluding carboxylic acids is 1. The summed E-state index contributed by atoms with van der Waals surface area (Å²) in [4.78, 5) is 15.0. The average molecular weight is 283 g/mol. The van der Waals surface area contributed by atoms with Crippen molar-refractivity contribution in [1.29, 1.82) is 0 Å². The van der Waals surface area contributed by atoms with E-state index in [0.29, 0.717) is 23.9 Å². The molecule has 1 amide bonds. The molecular formula is C13H21N3O2S. The molecule has 1 aliphatic rings. The number of nitrogens with zero attached hydrogens (tertiary/aromatic N) is 3. The molecule has 5 nitrogen and oxygen atoms in total. The molecule has 1 atom stereocenters. The van der Waals surface area contributed by atoms with Crippen LogP contribution in [0.5, 0.6) is 0 Å². The minimum absolute atomic E-state index is 0.0442. The van der Waals surface area contributed by atoms with E-state index in [4.69, 9.17) is 0 Å². The maximum atomic E-state index is 12.5. The van der Waals surface area contributed by atoms with Crippen molar-refractivity contribution >= 4 is 17.4 Å². The molecule has 0 radical (unpaired) electrons. The highest BCUT2D eigenvalue weighted by atomic mass is 32.1. The van der Waals surface area contributed by atoms with Crippen LogP contribution in [0.2, 0.25) is 0 Å². The van der Waals surface area contributed by atoms with E-state index in [-0.39, 0.29) is 17.9 Å². The summed E-state index contributed by atoms with van der Waals surface area (Å²) >= 11 is 1.19. The van der Waals surface area contributed by atoms with Gasteiger partial charge in [0.1, 0.15) is 4.88 Å². The van der Waals surface area contributed by atoms with Crippen LogP contribution in [0, 0.1) is 5.92 Å². The van der Waals surface area contributed by atoms with Gasteiger partial charge in [0.2, 0.25) is 0 Å². The molecule has 1 N–H and O–H groups in total. The van der Waals surface area contributed by atoms with Crippen molar-refractivity contribution in [3.63, 3.8) is 0 Å². The van der Waals surface area contributed by atoms with Gasteiger partial charge in [-0.3, -0.25) is 4.79 Å². The fourth-order valence-electron chi connectivity index (χ4n) is 2.45. The SMILES string of the molecule is CC(C)c1nnsc1C(=O)N1CCC(C(C)O)CC1. The van der Waals surface area contributed by atoms with Crippen LogP contribution in [0.1, 0.15) is 54.9 Å². The zero-order valence-electron chi connectivity index (χ0n) is 11.7. The molecular weight excluding hydrogens is 262 g/mol. The molecule has 19 heavy (non-hydrogen) atoms. The van der Waals surface area contributed by atoms with Crippen LogP contribution in [-0.2, 0) is 0 Å². The molecule has 1 aromatic heterocycles. The number of carbonyl (C=O) groups is 1. The van der Waals surface area contributed by atoms with Crippen molar-refractivity contribution < 1.29 is 9.90 Å². The van der Waals surface area contributed by atoms with E-state index in [1.54, 1.807) is 0 Å². The van der Waals surface area contributed by atoms with Crippen molar-refractivity contribution in [3.05, 3.63) is 10.6 Å². The molecule has 1 fully saturated rings. The molecule has 106 valence electrons. The average Bonchev–Trinajstić information content (AvgIpc) is 2.87. The number of aromatic nitrogens is 2. The highest BCUT2D eigenvalue weighted by Gasteiger charge is 2.29. The van der Waals surface area contributed by atoms with E-state index >= 15 is 0 Å². The third-order valence-corrected chi connectivity index (χ3v) is 4.49. The largest absolute Gasteiger partial charge is 0.393 e. The van der Waals surface area contributed by atoms with Crippen molar-refractivity contribution in [2.45, 2.75) is 45.6 Å². The first-order valence-electron chi connectivity index (χ1n) is 6.80. The fourth-order valence-corrected chi connectivity index (χ4v) is 3.24. The zero-order chi connectivity index (χ0) is 14.0. The molecule has 0 spiro atoms. The van der Waals surface area contributed by atoms with Gasteiger partial charge >= 0.3 is 0 Å². The second kappa shape index (κ2) is 5.96. The molecule has 1 unspecified atom stereocenters. The lowest BCUT2D eigenvalue weighted by atomic mass is 9.92. The van der Waals surface area contributed by atoms with E-state index in [9.17, 15) is 9.90 Å². The highest BCUT2D eigenvalue weighted by molar-refractivity contribution is 7.08. The monoisotopic (exact) mass is 283 g/mol. The Bertz CT molecular complexity index is 437. The Morgan fingerprint density at radius 3 is 2.53 bits per heavy atom. The Morgan fingerprint density at radius 1 is 1.37 bits per heavy atom. The predicted molar refractivity (Wildman–Crippen MR) is 74.3 cm³/mol. The van der Waals surface area contributed by atoms with Gasteiger partial charge in [-0.25, -0.2) is 0 Å². The van der Waals surface area contributed by atoms with E-state index in [1.807, 2.05) is 25.7 Å². The molecule has 6 heteroatoms. The van der Waals surface area contributed by atoms with Crippen LogP contribution in [0.25, 0.3) is 0 Å². The summed E-state index contributed by atoms with van der Waals surface area (Å²) < 4.78 is 3.91. The van der Waals surface area contributed by atoms with Crippen LogP contribution < -0.4 is 0 Å². The van der Waals surface area contributed by atoms with Gasteiger partial charge in [-0.2, -0.15) is 0 Å². The minimum Gasteiger partial charge on any atom is -0.393 e. The van der Waals surface area contributed by atoms with E-state index < -0.39 is 0 Å². The minimum atomic E-state index is -0.284. The number of hydrogen-bond donors (Lipinski definition) is 1. The Hall–Kier alpha value is -1.01. The summed E-state index contributed by atoms with van der Waals surface area (Å²) in [6, 6.07) is 0. The van der Waals surface area contributed by atoms with E-state index in [0.717, 1.165) is 18.5 Å². The molecule has 1 aromatic rings. The van der Waals surface area contributed by atoms with Gasteiger partial charge in [0.05, 0.1) is 11.8 Å². The van der Waals surface area contributed by atoms with Gasteiger partial charge in [0.25, 0.3) is 5.91 Å². The summed E-state index contributed by atoms with van der Waals surface area (Å²) in [5.41, 5.74) is 0.799. The first-order chi connectivity index (χ1) is 9.00. The lowest BCUT2D eigenvalue weighted by Crippen LogP contribution is -2.40. The standard InChI is InChI=1S/C13H21N3O2S/c1-8(2)11-12(19-15-14-11)13(18)16-6-4-10(5-7-16)9(3)17/h8-10,17H,4-7H2,1-3H3. The van der Waals surface area contributed by atoms with Crippen LogP contribution in [0.15, 0.2) is 0 Å². The Kier molecular flexibility index (Phi) is 4.52.